The SMILES string of the molecule is Cc1ccc(Cn2nc(C)c(C(=O)NCC(=O)Nc3ccc(Br)cc3C)c2C)cc1. The van der Waals surface area contributed by atoms with Crippen molar-refractivity contribution < 1.29 is 9.59 Å². The van der Waals surface area contributed by atoms with Crippen LogP contribution in [0.3, 0.4) is 0 Å². The van der Waals surface area contributed by atoms with E-state index in [9.17, 15) is 9.59 Å². The molecule has 0 saturated carbocycles. The number of hydrogen-bond donors (Lipinski definition) is 2. The van der Waals surface area contributed by atoms with E-state index in [-0.39, 0.29) is 18.4 Å². The Morgan fingerprint density at radius 3 is 2.40 bits per heavy atom. The molecule has 2 amide bonds. The number of hydrogen-bond acceptors (Lipinski definition) is 3. The Hall–Kier alpha value is -2.93. The van der Waals surface area contributed by atoms with Gasteiger partial charge >= 0.3 is 0 Å². The number of aryl methyl sites for hydroxylation is 3. The van der Waals surface area contributed by atoms with E-state index in [0.717, 1.165) is 27.0 Å². The van der Waals surface area contributed by atoms with Crippen LogP contribution >= 0.6 is 15.9 Å². The number of nitrogens with zero attached hydrogens (tertiary/aromatic N) is 2. The molecule has 0 bridgehead atoms. The molecule has 2 N–H and O–H groups in total. The number of benzene rings is 2. The van der Waals surface area contributed by atoms with Crippen LogP contribution in [0.1, 0.15) is 38.4 Å². The van der Waals surface area contributed by atoms with Gasteiger partial charge in [0.1, 0.15) is 0 Å². The first kappa shape index (κ1) is 21.8. The minimum Gasteiger partial charge on any atom is -0.343 e. The molecule has 156 valence electrons. The van der Waals surface area contributed by atoms with Gasteiger partial charge in [0.2, 0.25) is 5.91 Å². The normalized spacial score (nSPS) is 10.7. The number of rotatable bonds is 6. The summed E-state index contributed by atoms with van der Waals surface area (Å²) in [5.74, 6) is -0.584. The van der Waals surface area contributed by atoms with E-state index in [4.69, 9.17) is 0 Å². The minimum atomic E-state index is -0.303. The number of carbonyl (C=O) groups is 2. The van der Waals surface area contributed by atoms with Gasteiger partial charge in [-0.2, -0.15) is 5.10 Å². The first-order chi connectivity index (χ1) is 14.2. The van der Waals surface area contributed by atoms with Crippen LogP contribution in [0.5, 0.6) is 0 Å². The van der Waals surface area contributed by atoms with Crippen molar-refractivity contribution in [1.29, 1.82) is 0 Å². The quantitative estimate of drug-likeness (QED) is 0.566. The summed E-state index contributed by atoms with van der Waals surface area (Å²) in [5.41, 5.74) is 5.89. The van der Waals surface area contributed by atoms with Crippen molar-refractivity contribution >= 4 is 33.4 Å². The summed E-state index contributed by atoms with van der Waals surface area (Å²) in [4.78, 5) is 25.0. The Balaban J connectivity index is 1.64. The summed E-state index contributed by atoms with van der Waals surface area (Å²) in [6, 6.07) is 13.8. The summed E-state index contributed by atoms with van der Waals surface area (Å²) in [5, 5.41) is 10.0. The lowest BCUT2D eigenvalue weighted by atomic mass is 10.1. The van der Waals surface area contributed by atoms with Gasteiger partial charge in [-0.15, -0.1) is 0 Å². The molecule has 0 aliphatic heterocycles. The van der Waals surface area contributed by atoms with E-state index in [0.29, 0.717) is 17.8 Å². The van der Waals surface area contributed by atoms with Crippen LogP contribution in [0.2, 0.25) is 0 Å². The van der Waals surface area contributed by atoms with Crippen molar-refractivity contribution in [3.63, 3.8) is 0 Å². The van der Waals surface area contributed by atoms with Gasteiger partial charge in [-0.3, -0.25) is 14.3 Å². The zero-order valence-electron chi connectivity index (χ0n) is 17.5. The number of amides is 2. The summed E-state index contributed by atoms with van der Waals surface area (Å²) in [6.07, 6.45) is 0. The van der Waals surface area contributed by atoms with E-state index < -0.39 is 0 Å². The second-order valence-corrected chi connectivity index (χ2v) is 8.29. The van der Waals surface area contributed by atoms with Crippen LogP contribution < -0.4 is 10.6 Å². The number of carbonyl (C=O) groups excluding carboxylic acids is 2. The molecule has 0 aliphatic carbocycles. The standard InChI is InChI=1S/C23H25BrN4O2/c1-14-5-7-18(8-6-14)13-28-17(4)22(16(3)27-28)23(30)25-12-21(29)26-20-10-9-19(24)11-15(20)2/h5-11H,12-13H2,1-4H3,(H,25,30)(H,26,29). The lowest BCUT2D eigenvalue weighted by Crippen LogP contribution is -2.33. The second-order valence-electron chi connectivity index (χ2n) is 7.38. The Kier molecular flexibility index (Phi) is 6.72. The van der Waals surface area contributed by atoms with Crippen molar-refractivity contribution in [1.82, 2.24) is 15.1 Å². The summed E-state index contributed by atoms with van der Waals surface area (Å²) in [7, 11) is 0. The fourth-order valence-electron chi connectivity index (χ4n) is 3.26. The largest absolute Gasteiger partial charge is 0.343 e. The fraction of sp³-hybridized carbons (Fsp3) is 0.261. The topological polar surface area (TPSA) is 76.0 Å². The molecule has 30 heavy (non-hydrogen) atoms. The number of aromatic nitrogens is 2. The van der Waals surface area contributed by atoms with E-state index in [2.05, 4.69) is 55.9 Å². The number of anilines is 1. The van der Waals surface area contributed by atoms with Crippen LogP contribution in [0.25, 0.3) is 0 Å². The Morgan fingerprint density at radius 2 is 1.73 bits per heavy atom. The molecule has 0 spiro atoms. The van der Waals surface area contributed by atoms with Crippen LogP contribution in [0.4, 0.5) is 5.69 Å². The van der Waals surface area contributed by atoms with Crippen molar-refractivity contribution in [2.24, 2.45) is 0 Å². The maximum Gasteiger partial charge on any atom is 0.255 e. The van der Waals surface area contributed by atoms with E-state index in [1.807, 2.05) is 43.7 Å². The van der Waals surface area contributed by atoms with E-state index >= 15 is 0 Å². The molecule has 0 radical (unpaired) electrons. The van der Waals surface area contributed by atoms with Gasteiger partial charge in [-0.05, 0) is 57.0 Å². The lowest BCUT2D eigenvalue weighted by molar-refractivity contribution is -0.115. The summed E-state index contributed by atoms with van der Waals surface area (Å²) in [6.45, 7) is 8.10. The molecule has 6 nitrogen and oxygen atoms in total. The van der Waals surface area contributed by atoms with Gasteiger partial charge < -0.3 is 10.6 Å². The molecule has 7 heteroatoms. The van der Waals surface area contributed by atoms with E-state index in [1.165, 1.54) is 5.56 Å². The minimum absolute atomic E-state index is 0.115. The number of halogens is 1. The third-order valence-corrected chi connectivity index (χ3v) is 5.43. The van der Waals surface area contributed by atoms with Crippen molar-refractivity contribution in [2.45, 2.75) is 34.2 Å². The highest BCUT2D eigenvalue weighted by atomic mass is 79.9. The van der Waals surface area contributed by atoms with Crippen LogP contribution in [0.15, 0.2) is 46.9 Å². The molecular weight excluding hydrogens is 444 g/mol. The average Bonchev–Trinajstić information content (AvgIpc) is 2.97. The first-order valence-corrected chi connectivity index (χ1v) is 10.5. The molecule has 3 rings (SSSR count). The fourth-order valence-corrected chi connectivity index (χ4v) is 3.73. The third kappa shape index (κ3) is 5.16. The average molecular weight is 469 g/mol. The highest BCUT2D eigenvalue weighted by Gasteiger charge is 2.19. The maximum atomic E-state index is 12.7. The van der Waals surface area contributed by atoms with Crippen LogP contribution in [-0.4, -0.2) is 28.1 Å². The zero-order valence-corrected chi connectivity index (χ0v) is 19.1. The Labute approximate surface area is 184 Å². The number of nitrogens with one attached hydrogen (secondary N) is 2. The highest BCUT2D eigenvalue weighted by Crippen LogP contribution is 2.20. The van der Waals surface area contributed by atoms with Crippen molar-refractivity contribution in [3.05, 3.63) is 80.6 Å². The van der Waals surface area contributed by atoms with Crippen LogP contribution in [0, 0.1) is 27.7 Å². The monoisotopic (exact) mass is 468 g/mol. The van der Waals surface area contributed by atoms with Gasteiger partial charge in [0.25, 0.3) is 5.91 Å². The van der Waals surface area contributed by atoms with E-state index in [1.54, 1.807) is 6.92 Å². The molecule has 0 aliphatic rings. The van der Waals surface area contributed by atoms with Gasteiger partial charge in [-0.1, -0.05) is 45.8 Å². The third-order valence-electron chi connectivity index (χ3n) is 4.93. The molecule has 0 fully saturated rings. The Bertz CT molecular complexity index is 1090. The predicted octanol–water partition coefficient (Wildman–Crippen LogP) is 4.30. The second kappa shape index (κ2) is 9.26. The molecule has 0 atom stereocenters. The maximum absolute atomic E-state index is 12.7. The highest BCUT2D eigenvalue weighted by molar-refractivity contribution is 9.10. The molecule has 2 aromatic carbocycles. The molecule has 1 heterocycles. The summed E-state index contributed by atoms with van der Waals surface area (Å²) >= 11 is 3.40. The molecular formula is C23H25BrN4O2. The van der Waals surface area contributed by atoms with Gasteiger partial charge in [-0.25, -0.2) is 0 Å². The molecule has 0 saturated heterocycles. The predicted molar refractivity (Wildman–Crippen MR) is 122 cm³/mol. The van der Waals surface area contributed by atoms with Gasteiger partial charge in [0.15, 0.2) is 0 Å². The van der Waals surface area contributed by atoms with Crippen molar-refractivity contribution in [2.75, 3.05) is 11.9 Å². The smallest absolute Gasteiger partial charge is 0.255 e. The molecule has 1 aromatic heterocycles. The lowest BCUT2D eigenvalue weighted by Gasteiger charge is -2.10. The van der Waals surface area contributed by atoms with Crippen molar-refractivity contribution in [3.8, 4) is 0 Å². The Morgan fingerprint density at radius 1 is 1.03 bits per heavy atom. The zero-order chi connectivity index (χ0) is 21.8. The molecule has 0 unspecified atom stereocenters. The first-order valence-electron chi connectivity index (χ1n) is 9.68. The van der Waals surface area contributed by atoms with Gasteiger partial charge in [0, 0.05) is 15.9 Å². The summed E-state index contributed by atoms with van der Waals surface area (Å²) < 4.78 is 2.76. The van der Waals surface area contributed by atoms with Gasteiger partial charge in [0.05, 0.1) is 24.3 Å². The molecule has 3 aromatic rings. The van der Waals surface area contributed by atoms with Crippen LogP contribution in [-0.2, 0) is 11.3 Å².